The lowest BCUT2D eigenvalue weighted by atomic mass is 10.1. The van der Waals surface area contributed by atoms with Gasteiger partial charge in [-0.25, -0.2) is 12.7 Å². The van der Waals surface area contributed by atoms with E-state index in [1.807, 2.05) is 0 Å². The van der Waals surface area contributed by atoms with Crippen molar-refractivity contribution in [3.05, 3.63) is 0 Å². The molecule has 0 bridgehead atoms. The molecular weight excluding hydrogens is 293 g/mol. The molecule has 0 aromatic carbocycles. The maximum absolute atomic E-state index is 12.1. The SMILES string of the molecule is CCN(CC1CCCCN1)S(=O)(=O)CCCC(F)(F)F. The molecule has 1 aliphatic heterocycles. The van der Waals surface area contributed by atoms with Gasteiger partial charge in [0.25, 0.3) is 0 Å². The number of alkyl halides is 3. The van der Waals surface area contributed by atoms with Gasteiger partial charge in [0.05, 0.1) is 5.75 Å². The van der Waals surface area contributed by atoms with Crippen molar-refractivity contribution in [2.45, 2.75) is 51.2 Å². The molecule has 1 rings (SSSR count). The molecule has 1 atom stereocenters. The number of likely N-dealkylation sites (N-methyl/N-ethyl adjacent to an activating group) is 1. The van der Waals surface area contributed by atoms with Gasteiger partial charge in [0.15, 0.2) is 0 Å². The van der Waals surface area contributed by atoms with E-state index in [-0.39, 0.29) is 12.5 Å². The van der Waals surface area contributed by atoms with Crippen molar-refractivity contribution in [3.63, 3.8) is 0 Å². The van der Waals surface area contributed by atoms with Crippen LogP contribution in [0.4, 0.5) is 13.2 Å². The summed E-state index contributed by atoms with van der Waals surface area (Å²) in [5, 5.41) is 3.25. The van der Waals surface area contributed by atoms with E-state index in [9.17, 15) is 21.6 Å². The second kappa shape index (κ2) is 7.61. The third-order valence-electron chi connectivity index (χ3n) is 3.45. The molecule has 0 radical (unpaired) electrons. The van der Waals surface area contributed by atoms with E-state index in [2.05, 4.69) is 5.32 Å². The molecule has 1 saturated heterocycles. The number of sulfonamides is 1. The molecule has 0 saturated carbocycles. The van der Waals surface area contributed by atoms with Gasteiger partial charge in [-0.1, -0.05) is 13.3 Å². The molecule has 1 aliphatic rings. The molecule has 4 nitrogen and oxygen atoms in total. The number of nitrogens with zero attached hydrogens (tertiary/aromatic N) is 1. The van der Waals surface area contributed by atoms with E-state index in [0.29, 0.717) is 13.1 Å². The lowest BCUT2D eigenvalue weighted by molar-refractivity contribution is -0.134. The van der Waals surface area contributed by atoms with Crippen molar-refractivity contribution in [1.82, 2.24) is 9.62 Å². The quantitative estimate of drug-likeness (QED) is 0.783. The zero-order chi connectivity index (χ0) is 15.2. The van der Waals surface area contributed by atoms with Gasteiger partial charge in [-0.2, -0.15) is 13.2 Å². The Bertz CT molecular complexity index is 379. The van der Waals surface area contributed by atoms with E-state index in [0.717, 1.165) is 25.8 Å². The number of rotatable bonds is 7. The Morgan fingerprint density at radius 1 is 1.30 bits per heavy atom. The van der Waals surface area contributed by atoms with Crippen molar-refractivity contribution in [3.8, 4) is 0 Å². The van der Waals surface area contributed by atoms with Crippen LogP contribution in [-0.2, 0) is 10.0 Å². The van der Waals surface area contributed by atoms with Gasteiger partial charge >= 0.3 is 6.18 Å². The van der Waals surface area contributed by atoms with E-state index in [1.165, 1.54) is 4.31 Å². The number of hydrogen-bond donors (Lipinski definition) is 1. The molecule has 1 heterocycles. The van der Waals surface area contributed by atoms with Crippen LogP contribution in [0.3, 0.4) is 0 Å². The number of halogens is 3. The summed E-state index contributed by atoms with van der Waals surface area (Å²) >= 11 is 0. The third-order valence-corrected chi connectivity index (χ3v) is 5.44. The molecule has 0 aromatic heterocycles. The summed E-state index contributed by atoms with van der Waals surface area (Å²) in [6.45, 7) is 3.23. The fourth-order valence-corrected chi connectivity index (χ4v) is 3.92. The lowest BCUT2D eigenvalue weighted by Crippen LogP contribution is -2.46. The van der Waals surface area contributed by atoms with E-state index < -0.39 is 28.4 Å². The molecule has 120 valence electrons. The number of nitrogens with one attached hydrogen (secondary N) is 1. The molecule has 0 amide bonds. The highest BCUT2D eigenvalue weighted by atomic mass is 32.2. The van der Waals surface area contributed by atoms with Gasteiger partial charge in [-0.05, 0) is 25.8 Å². The first-order chi connectivity index (χ1) is 9.24. The summed E-state index contributed by atoms with van der Waals surface area (Å²) in [6.07, 6.45) is -2.66. The highest BCUT2D eigenvalue weighted by Gasteiger charge is 2.29. The first-order valence-electron chi connectivity index (χ1n) is 7.02. The summed E-state index contributed by atoms with van der Waals surface area (Å²) in [5.74, 6) is -0.437. The maximum Gasteiger partial charge on any atom is 0.389 e. The highest BCUT2D eigenvalue weighted by Crippen LogP contribution is 2.22. The zero-order valence-electron chi connectivity index (χ0n) is 11.7. The Kier molecular flexibility index (Phi) is 6.74. The molecular formula is C12H23F3N2O2S. The summed E-state index contributed by atoms with van der Waals surface area (Å²) < 4.78 is 61.6. The summed E-state index contributed by atoms with van der Waals surface area (Å²) in [6, 6.07) is 0.112. The van der Waals surface area contributed by atoms with Crippen molar-refractivity contribution in [2.24, 2.45) is 0 Å². The summed E-state index contributed by atoms with van der Waals surface area (Å²) in [7, 11) is -3.60. The molecule has 0 aromatic rings. The molecule has 1 N–H and O–H groups in total. The summed E-state index contributed by atoms with van der Waals surface area (Å²) in [4.78, 5) is 0. The van der Waals surface area contributed by atoms with Crippen LogP contribution in [0.1, 0.15) is 39.0 Å². The van der Waals surface area contributed by atoms with Crippen LogP contribution in [0.25, 0.3) is 0 Å². The largest absolute Gasteiger partial charge is 0.389 e. The highest BCUT2D eigenvalue weighted by molar-refractivity contribution is 7.89. The average Bonchev–Trinajstić information content (AvgIpc) is 2.35. The predicted octanol–water partition coefficient (Wildman–Crippen LogP) is 2.12. The van der Waals surface area contributed by atoms with E-state index in [1.54, 1.807) is 6.92 Å². The van der Waals surface area contributed by atoms with Gasteiger partial charge in [-0.15, -0.1) is 0 Å². The van der Waals surface area contributed by atoms with Crippen LogP contribution in [-0.4, -0.2) is 50.3 Å². The Hall–Kier alpha value is -0.340. The topological polar surface area (TPSA) is 49.4 Å². The van der Waals surface area contributed by atoms with E-state index >= 15 is 0 Å². The molecule has 1 fully saturated rings. The van der Waals surface area contributed by atoms with Crippen LogP contribution in [0.15, 0.2) is 0 Å². The van der Waals surface area contributed by atoms with Crippen molar-refractivity contribution in [1.29, 1.82) is 0 Å². The van der Waals surface area contributed by atoms with Gasteiger partial charge in [0.2, 0.25) is 10.0 Å². The Balaban J connectivity index is 2.48. The Morgan fingerprint density at radius 2 is 2.00 bits per heavy atom. The predicted molar refractivity (Wildman–Crippen MR) is 72.0 cm³/mol. The molecule has 0 aliphatic carbocycles. The minimum atomic E-state index is -4.29. The van der Waals surface area contributed by atoms with Crippen molar-refractivity contribution in [2.75, 3.05) is 25.4 Å². The van der Waals surface area contributed by atoms with Gasteiger partial charge in [0.1, 0.15) is 0 Å². The number of piperidine rings is 1. The Labute approximate surface area is 118 Å². The Morgan fingerprint density at radius 3 is 2.50 bits per heavy atom. The first-order valence-corrected chi connectivity index (χ1v) is 8.63. The standard InChI is InChI=1S/C12H23F3N2O2S/c1-2-17(10-11-6-3-4-8-16-11)20(18,19)9-5-7-12(13,14)15/h11,16H,2-10H2,1H3. The van der Waals surface area contributed by atoms with Crippen molar-refractivity contribution >= 4 is 10.0 Å². The van der Waals surface area contributed by atoms with Crippen LogP contribution >= 0.6 is 0 Å². The average molecular weight is 316 g/mol. The van der Waals surface area contributed by atoms with Gasteiger partial charge in [-0.3, -0.25) is 0 Å². The first kappa shape index (κ1) is 17.7. The zero-order valence-corrected chi connectivity index (χ0v) is 12.6. The molecule has 0 spiro atoms. The third kappa shape index (κ3) is 6.41. The number of hydrogen-bond acceptors (Lipinski definition) is 3. The minimum absolute atomic E-state index is 0.112. The fraction of sp³-hybridized carbons (Fsp3) is 1.00. The molecule has 8 heteroatoms. The second-order valence-electron chi connectivity index (χ2n) is 5.13. The monoisotopic (exact) mass is 316 g/mol. The van der Waals surface area contributed by atoms with Crippen molar-refractivity contribution < 1.29 is 21.6 Å². The lowest BCUT2D eigenvalue weighted by Gasteiger charge is -2.29. The smallest absolute Gasteiger partial charge is 0.313 e. The van der Waals surface area contributed by atoms with Gasteiger partial charge in [0, 0.05) is 25.6 Å². The van der Waals surface area contributed by atoms with E-state index in [4.69, 9.17) is 0 Å². The minimum Gasteiger partial charge on any atom is -0.313 e. The van der Waals surface area contributed by atoms with Crippen LogP contribution in [0.2, 0.25) is 0 Å². The molecule has 1 unspecified atom stereocenters. The second-order valence-corrected chi connectivity index (χ2v) is 7.22. The van der Waals surface area contributed by atoms with Gasteiger partial charge < -0.3 is 5.32 Å². The molecule has 20 heavy (non-hydrogen) atoms. The fourth-order valence-electron chi connectivity index (χ4n) is 2.35. The normalized spacial score (nSPS) is 21.4. The van der Waals surface area contributed by atoms with Crippen LogP contribution in [0, 0.1) is 0 Å². The maximum atomic E-state index is 12.1. The van der Waals surface area contributed by atoms with Crippen LogP contribution < -0.4 is 5.32 Å². The van der Waals surface area contributed by atoms with Crippen LogP contribution in [0.5, 0.6) is 0 Å². The summed E-state index contributed by atoms with van der Waals surface area (Å²) in [5.41, 5.74) is 0.